The average Bonchev–Trinajstić information content (AvgIpc) is 2.19. The van der Waals surface area contributed by atoms with Crippen LogP contribution in [0.25, 0.3) is 5.57 Å². The summed E-state index contributed by atoms with van der Waals surface area (Å²) in [6.07, 6.45) is 2.86. The lowest BCUT2D eigenvalue weighted by molar-refractivity contribution is 0.285. The quantitative estimate of drug-likeness (QED) is 0.684. The molecule has 0 amide bonds. The summed E-state index contributed by atoms with van der Waals surface area (Å²) in [6, 6.07) is 10.2. The van der Waals surface area contributed by atoms with Gasteiger partial charge in [-0.25, -0.2) is 0 Å². The molecule has 0 aliphatic heterocycles. The van der Waals surface area contributed by atoms with Crippen LogP contribution in [0.5, 0.6) is 0 Å². The van der Waals surface area contributed by atoms with Gasteiger partial charge in [-0.1, -0.05) is 36.9 Å². The zero-order chi connectivity index (χ0) is 9.52. The second-order valence-electron chi connectivity index (χ2n) is 3.15. The molecule has 0 radical (unpaired) electrons. The highest BCUT2D eigenvalue weighted by molar-refractivity contribution is 5.62. The van der Waals surface area contributed by atoms with Crippen molar-refractivity contribution < 1.29 is 5.11 Å². The molecule has 0 fully saturated rings. The minimum Gasteiger partial charge on any atom is -0.396 e. The van der Waals surface area contributed by atoms with Crippen molar-refractivity contribution in [2.45, 2.75) is 19.3 Å². The third kappa shape index (κ3) is 3.43. The Balaban J connectivity index is 2.40. The van der Waals surface area contributed by atoms with E-state index in [9.17, 15) is 0 Å². The van der Waals surface area contributed by atoms with Gasteiger partial charge in [0.2, 0.25) is 0 Å². The van der Waals surface area contributed by atoms with Gasteiger partial charge in [0.05, 0.1) is 0 Å². The van der Waals surface area contributed by atoms with E-state index in [1.807, 2.05) is 18.2 Å². The van der Waals surface area contributed by atoms with Crippen LogP contribution in [0.3, 0.4) is 0 Å². The number of hydrogen-bond acceptors (Lipinski definition) is 1. The molecule has 0 bridgehead atoms. The van der Waals surface area contributed by atoms with Crippen LogP contribution in [0.4, 0.5) is 0 Å². The van der Waals surface area contributed by atoms with Crippen molar-refractivity contribution in [1.29, 1.82) is 0 Å². The lowest BCUT2D eigenvalue weighted by Gasteiger charge is -2.04. The van der Waals surface area contributed by atoms with Gasteiger partial charge in [0, 0.05) is 6.61 Å². The number of benzene rings is 1. The summed E-state index contributed by atoms with van der Waals surface area (Å²) in [6.45, 7) is 4.29. The first-order valence-corrected chi connectivity index (χ1v) is 4.68. The Hall–Kier alpha value is -1.08. The molecule has 0 aliphatic rings. The van der Waals surface area contributed by atoms with E-state index < -0.39 is 0 Å². The molecule has 1 N–H and O–H groups in total. The first-order chi connectivity index (χ1) is 6.34. The highest BCUT2D eigenvalue weighted by atomic mass is 16.2. The van der Waals surface area contributed by atoms with Crippen LogP contribution in [0, 0.1) is 0 Å². The second-order valence-corrected chi connectivity index (χ2v) is 3.15. The van der Waals surface area contributed by atoms with E-state index in [2.05, 4.69) is 18.7 Å². The number of allylic oxidation sites excluding steroid dienone is 1. The molecule has 0 saturated heterocycles. The monoisotopic (exact) mass is 176 g/mol. The van der Waals surface area contributed by atoms with E-state index in [4.69, 9.17) is 5.11 Å². The van der Waals surface area contributed by atoms with Crippen molar-refractivity contribution in [3.8, 4) is 0 Å². The van der Waals surface area contributed by atoms with E-state index in [0.717, 1.165) is 24.8 Å². The molecular weight excluding hydrogens is 160 g/mol. The van der Waals surface area contributed by atoms with Crippen LogP contribution >= 0.6 is 0 Å². The van der Waals surface area contributed by atoms with Crippen molar-refractivity contribution in [1.82, 2.24) is 0 Å². The van der Waals surface area contributed by atoms with E-state index in [1.54, 1.807) is 0 Å². The zero-order valence-electron chi connectivity index (χ0n) is 7.87. The van der Waals surface area contributed by atoms with Crippen molar-refractivity contribution >= 4 is 5.57 Å². The second kappa shape index (κ2) is 5.55. The molecule has 1 nitrogen and oxygen atoms in total. The number of hydrogen-bond donors (Lipinski definition) is 1. The van der Waals surface area contributed by atoms with E-state index >= 15 is 0 Å². The lowest BCUT2D eigenvalue weighted by Crippen LogP contribution is -1.86. The molecule has 0 heterocycles. The number of unbranched alkanes of at least 4 members (excludes halogenated alkanes) is 1. The summed E-state index contributed by atoms with van der Waals surface area (Å²) in [4.78, 5) is 0. The van der Waals surface area contributed by atoms with Crippen molar-refractivity contribution in [3.05, 3.63) is 42.5 Å². The molecule has 0 aromatic heterocycles. The zero-order valence-corrected chi connectivity index (χ0v) is 7.87. The molecule has 0 saturated carbocycles. The molecule has 1 aromatic carbocycles. The van der Waals surface area contributed by atoms with Gasteiger partial charge in [-0.05, 0) is 30.4 Å². The maximum absolute atomic E-state index is 8.62. The van der Waals surface area contributed by atoms with Gasteiger partial charge in [0.1, 0.15) is 0 Å². The first kappa shape index (κ1) is 10.0. The Morgan fingerprint density at radius 3 is 2.46 bits per heavy atom. The molecule has 0 atom stereocenters. The molecule has 0 aliphatic carbocycles. The predicted molar refractivity (Wildman–Crippen MR) is 56.4 cm³/mol. The summed E-state index contributed by atoms with van der Waals surface area (Å²) in [5.41, 5.74) is 2.37. The minimum absolute atomic E-state index is 0.280. The average molecular weight is 176 g/mol. The molecule has 1 heteroatoms. The Morgan fingerprint density at radius 2 is 1.85 bits per heavy atom. The summed E-state index contributed by atoms with van der Waals surface area (Å²) in [5, 5.41) is 8.62. The maximum atomic E-state index is 8.62. The van der Waals surface area contributed by atoms with Crippen LogP contribution in [0.2, 0.25) is 0 Å². The Bertz CT molecular complexity index is 251. The smallest absolute Gasteiger partial charge is 0.0431 e. The number of aliphatic hydroxyl groups is 1. The highest BCUT2D eigenvalue weighted by Crippen LogP contribution is 2.17. The normalized spacial score (nSPS) is 9.92. The molecule has 0 spiro atoms. The standard InChI is InChI=1S/C12H16O/c1-11(7-5-6-10-13)12-8-3-2-4-9-12/h2-4,8-9,13H,1,5-7,10H2. The van der Waals surface area contributed by atoms with Crippen LogP contribution in [0.1, 0.15) is 24.8 Å². The Labute approximate surface area is 79.7 Å². The number of rotatable bonds is 5. The molecule has 1 rings (SSSR count). The van der Waals surface area contributed by atoms with Crippen LogP contribution in [-0.4, -0.2) is 11.7 Å². The van der Waals surface area contributed by atoms with Crippen molar-refractivity contribution in [3.63, 3.8) is 0 Å². The third-order valence-corrected chi connectivity index (χ3v) is 2.07. The van der Waals surface area contributed by atoms with Crippen LogP contribution in [-0.2, 0) is 0 Å². The fourth-order valence-electron chi connectivity index (χ4n) is 1.27. The molecule has 1 aromatic rings. The van der Waals surface area contributed by atoms with Gasteiger partial charge < -0.3 is 5.11 Å². The van der Waals surface area contributed by atoms with E-state index in [0.29, 0.717) is 0 Å². The van der Waals surface area contributed by atoms with E-state index in [-0.39, 0.29) is 6.61 Å². The van der Waals surface area contributed by atoms with Gasteiger partial charge in [-0.2, -0.15) is 0 Å². The summed E-state index contributed by atoms with van der Waals surface area (Å²) < 4.78 is 0. The minimum atomic E-state index is 0.280. The van der Waals surface area contributed by atoms with Crippen LogP contribution in [0.15, 0.2) is 36.9 Å². The highest BCUT2D eigenvalue weighted by Gasteiger charge is 1.96. The van der Waals surface area contributed by atoms with Gasteiger partial charge in [-0.3, -0.25) is 0 Å². The number of aliphatic hydroxyl groups excluding tert-OH is 1. The molecule has 70 valence electrons. The molecular formula is C12H16O. The largest absolute Gasteiger partial charge is 0.396 e. The Morgan fingerprint density at radius 1 is 1.15 bits per heavy atom. The van der Waals surface area contributed by atoms with Gasteiger partial charge >= 0.3 is 0 Å². The predicted octanol–water partition coefficient (Wildman–Crippen LogP) is 2.86. The summed E-state index contributed by atoms with van der Waals surface area (Å²) in [7, 11) is 0. The first-order valence-electron chi connectivity index (χ1n) is 4.68. The fraction of sp³-hybridized carbons (Fsp3) is 0.333. The lowest BCUT2D eigenvalue weighted by atomic mass is 10.0. The third-order valence-electron chi connectivity index (χ3n) is 2.07. The van der Waals surface area contributed by atoms with E-state index in [1.165, 1.54) is 5.56 Å². The molecule has 13 heavy (non-hydrogen) atoms. The van der Waals surface area contributed by atoms with Gasteiger partial charge in [0.25, 0.3) is 0 Å². The maximum Gasteiger partial charge on any atom is 0.0431 e. The SMILES string of the molecule is C=C(CCCCO)c1ccccc1. The molecule has 0 unspecified atom stereocenters. The van der Waals surface area contributed by atoms with Gasteiger partial charge in [0.15, 0.2) is 0 Å². The summed E-state index contributed by atoms with van der Waals surface area (Å²) in [5.74, 6) is 0. The van der Waals surface area contributed by atoms with Crippen molar-refractivity contribution in [2.75, 3.05) is 6.61 Å². The Kier molecular flexibility index (Phi) is 4.27. The van der Waals surface area contributed by atoms with Gasteiger partial charge in [-0.15, -0.1) is 0 Å². The van der Waals surface area contributed by atoms with Crippen LogP contribution < -0.4 is 0 Å². The van der Waals surface area contributed by atoms with Crippen molar-refractivity contribution in [2.24, 2.45) is 0 Å². The summed E-state index contributed by atoms with van der Waals surface area (Å²) >= 11 is 0. The topological polar surface area (TPSA) is 20.2 Å². The fourth-order valence-corrected chi connectivity index (χ4v) is 1.27.